The summed E-state index contributed by atoms with van der Waals surface area (Å²) in [5, 5.41) is 0. The van der Waals surface area contributed by atoms with Crippen LogP contribution in [0.4, 0.5) is 0 Å². The van der Waals surface area contributed by atoms with E-state index in [2.05, 4.69) is 37.8 Å². The highest BCUT2D eigenvalue weighted by atomic mass is 16.6. The molecule has 0 amide bonds. The summed E-state index contributed by atoms with van der Waals surface area (Å²) in [5.41, 5.74) is 1.36. The summed E-state index contributed by atoms with van der Waals surface area (Å²) in [6.07, 6.45) is 9.48. The van der Waals surface area contributed by atoms with Crippen molar-refractivity contribution in [3.05, 3.63) is 42.5 Å². The smallest absolute Gasteiger partial charge is 0.123 e. The molecule has 0 spiro atoms. The second kappa shape index (κ2) is 7.49. The highest BCUT2D eigenvalue weighted by Crippen LogP contribution is 2.27. The number of unbranched alkanes of at least 4 members (excludes halogenated alkanes) is 4. The van der Waals surface area contributed by atoms with Gasteiger partial charge in [0.15, 0.2) is 0 Å². The van der Waals surface area contributed by atoms with Crippen molar-refractivity contribution < 1.29 is 9.47 Å². The van der Waals surface area contributed by atoms with E-state index in [4.69, 9.17) is 9.47 Å². The van der Waals surface area contributed by atoms with Crippen LogP contribution in [0.1, 0.15) is 44.6 Å². The molecule has 0 N–H and O–H groups in total. The van der Waals surface area contributed by atoms with E-state index < -0.39 is 0 Å². The van der Waals surface area contributed by atoms with Gasteiger partial charge in [0.1, 0.15) is 18.0 Å². The average molecular weight is 274 g/mol. The fourth-order valence-electron chi connectivity index (χ4n) is 2.17. The molecule has 20 heavy (non-hydrogen) atoms. The van der Waals surface area contributed by atoms with Crippen LogP contribution in [0.2, 0.25) is 0 Å². The van der Waals surface area contributed by atoms with Crippen LogP contribution in [0.5, 0.6) is 5.75 Å². The van der Waals surface area contributed by atoms with Gasteiger partial charge < -0.3 is 9.47 Å². The Morgan fingerprint density at radius 1 is 1.20 bits per heavy atom. The molecule has 0 radical (unpaired) electrons. The van der Waals surface area contributed by atoms with Crippen LogP contribution in [-0.4, -0.2) is 18.8 Å². The minimum Gasteiger partial charge on any atom is -0.491 e. The lowest BCUT2D eigenvalue weighted by molar-refractivity contribution is 0.202. The van der Waals surface area contributed by atoms with Gasteiger partial charge in [-0.25, -0.2) is 0 Å². The third kappa shape index (κ3) is 5.38. The largest absolute Gasteiger partial charge is 0.491 e. The zero-order valence-corrected chi connectivity index (χ0v) is 12.6. The van der Waals surface area contributed by atoms with Crippen molar-refractivity contribution in [3.8, 4) is 5.75 Å². The Balaban J connectivity index is 1.62. The van der Waals surface area contributed by atoms with Crippen LogP contribution in [0.3, 0.4) is 0 Å². The highest BCUT2D eigenvalue weighted by molar-refractivity contribution is 5.27. The molecule has 0 aliphatic carbocycles. The van der Waals surface area contributed by atoms with Gasteiger partial charge in [-0.15, -0.1) is 6.58 Å². The molecule has 0 bridgehead atoms. The van der Waals surface area contributed by atoms with E-state index >= 15 is 0 Å². The second-order valence-electron chi connectivity index (χ2n) is 5.91. The van der Waals surface area contributed by atoms with Crippen molar-refractivity contribution in [2.75, 3.05) is 13.2 Å². The van der Waals surface area contributed by atoms with Gasteiger partial charge in [-0.05, 0) is 50.3 Å². The molecule has 1 aromatic rings. The van der Waals surface area contributed by atoms with Crippen molar-refractivity contribution in [1.82, 2.24) is 0 Å². The Hall–Kier alpha value is -1.28. The van der Waals surface area contributed by atoms with Gasteiger partial charge in [-0.1, -0.05) is 31.1 Å². The van der Waals surface area contributed by atoms with Gasteiger partial charge >= 0.3 is 0 Å². The molecule has 1 saturated heterocycles. The molecule has 0 saturated carbocycles. The SMILES string of the molecule is C=CCCCCCCc1ccc(OCC2(C)CO2)cc1. The van der Waals surface area contributed by atoms with Crippen molar-refractivity contribution in [2.24, 2.45) is 0 Å². The fourth-order valence-corrected chi connectivity index (χ4v) is 2.17. The maximum atomic E-state index is 5.72. The minimum atomic E-state index is -0.0376. The Bertz CT molecular complexity index is 404. The van der Waals surface area contributed by atoms with Crippen LogP contribution < -0.4 is 4.74 Å². The van der Waals surface area contributed by atoms with Crippen molar-refractivity contribution in [1.29, 1.82) is 0 Å². The number of ether oxygens (including phenoxy) is 2. The molecule has 1 aliphatic rings. The van der Waals surface area contributed by atoms with Crippen LogP contribution in [0.15, 0.2) is 36.9 Å². The summed E-state index contributed by atoms with van der Waals surface area (Å²) in [5.74, 6) is 0.941. The number of allylic oxidation sites excluding steroid dienone is 1. The Labute approximate surface area is 122 Å². The summed E-state index contributed by atoms with van der Waals surface area (Å²) < 4.78 is 11.0. The van der Waals surface area contributed by atoms with Crippen LogP contribution in [0, 0.1) is 0 Å². The molecule has 2 heteroatoms. The van der Waals surface area contributed by atoms with E-state index in [1.54, 1.807) is 0 Å². The van der Waals surface area contributed by atoms with Gasteiger partial charge in [0.25, 0.3) is 0 Å². The molecule has 1 fully saturated rings. The first-order valence-corrected chi connectivity index (χ1v) is 7.68. The predicted molar refractivity (Wildman–Crippen MR) is 83.3 cm³/mol. The maximum Gasteiger partial charge on any atom is 0.123 e. The van der Waals surface area contributed by atoms with E-state index in [-0.39, 0.29) is 5.60 Å². The number of benzene rings is 1. The summed E-state index contributed by atoms with van der Waals surface area (Å²) >= 11 is 0. The molecule has 0 aromatic heterocycles. The first kappa shape index (κ1) is 15.1. The molecule has 1 heterocycles. The van der Waals surface area contributed by atoms with Crippen LogP contribution in [-0.2, 0) is 11.2 Å². The number of epoxide rings is 1. The third-order valence-corrected chi connectivity index (χ3v) is 3.73. The first-order valence-electron chi connectivity index (χ1n) is 7.68. The van der Waals surface area contributed by atoms with E-state index in [1.807, 2.05) is 6.08 Å². The Kier molecular flexibility index (Phi) is 5.66. The van der Waals surface area contributed by atoms with Gasteiger partial charge in [-0.2, -0.15) is 0 Å². The van der Waals surface area contributed by atoms with Crippen LogP contribution in [0.25, 0.3) is 0 Å². The minimum absolute atomic E-state index is 0.0376. The highest BCUT2D eigenvalue weighted by Gasteiger charge is 2.40. The molecular weight excluding hydrogens is 248 g/mol. The molecule has 1 atom stereocenters. The zero-order valence-electron chi connectivity index (χ0n) is 12.6. The van der Waals surface area contributed by atoms with Gasteiger partial charge in [-0.3, -0.25) is 0 Å². The van der Waals surface area contributed by atoms with E-state index in [0.717, 1.165) is 25.2 Å². The first-order chi connectivity index (χ1) is 9.72. The second-order valence-corrected chi connectivity index (χ2v) is 5.91. The Morgan fingerprint density at radius 3 is 2.55 bits per heavy atom. The summed E-state index contributed by atoms with van der Waals surface area (Å²) in [6.45, 7) is 7.29. The predicted octanol–water partition coefficient (Wildman–Crippen LogP) is 4.53. The van der Waals surface area contributed by atoms with Gasteiger partial charge in [0, 0.05) is 0 Å². The van der Waals surface area contributed by atoms with E-state index in [9.17, 15) is 0 Å². The fraction of sp³-hybridized carbons (Fsp3) is 0.556. The summed E-state index contributed by atoms with van der Waals surface area (Å²) in [6, 6.07) is 8.49. The summed E-state index contributed by atoms with van der Waals surface area (Å²) in [4.78, 5) is 0. The Morgan fingerprint density at radius 2 is 1.90 bits per heavy atom. The average Bonchev–Trinajstić information content (AvgIpc) is 3.20. The molecular formula is C18H26O2. The molecule has 2 rings (SSSR count). The standard InChI is InChI=1S/C18H26O2/c1-3-4-5-6-7-8-9-16-10-12-17(13-11-16)19-14-18(2)15-20-18/h3,10-13H,1,4-9,14-15H2,2H3. The lowest BCUT2D eigenvalue weighted by atomic mass is 10.1. The molecule has 110 valence electrons. The topological polar surface area (TPSA) is 21.8 Å². The van der Waals surface area contributed by atoms with E-state index in [0.29, 0.717) is 6.61 Å². The molecule has 2 nitrogen and oxygen atoms in total. The monoisotopic (exact) mass is 274 g/mol. The maximum absolute atomic E-state index is 5.72. The zero-order chi connectivity index (χ0) is 14.3. The molecule has 1 aromatic carbocycles. The van der Waals surface area contributed by atoms with Crippen molar-refractivity contribution in [3.63, 3.8) is 0 Å². The van der Waals surface area contributed by atoms with Crippen molar-refractivity contribution in [2.45, 2.75) is 51.0 Å². The quantitative estimate of drug-likeness (QED) is 0.355. The van der Waals surface area contributed by atoms with Gasteiger partial charge in [0.05, 0.1) is 6.61 Å². The summed E-state index contributed by atoms with van der Waals surface area (Å²) in [7, 11) is 0. The normalized spacial score (nSPS) is 20.6. The number of aryl methyl sites for hydroxylation is 1. The lowest BCUT2D eigenvalue weighted by Crippen LogP contribution is -2.16. The number of rotatable bonds is 10. The number of hydrogen-bond acceptors (Lipinski definition) is 2. The third-order valence-electron chi connectivity index (χ3n) is 3.73. The van der Waals surface area contributed by atoms with Crippen LogP contribution >= 0.6 is 0 Å². The lowest BCUT2D eigenvalue weighted by Gasteiger charge is -2.09. The molecule has 1 aliphatic heterocycles. The van der Waals surface area contributed by atoms with E-state index in [1.165, 1.54) is 31.2 Å². The van der Waals surface area contributed by atoms with Crippen molar-refractivity contribution >= 4 is 0 Å². The number of hydrogen-bond donors (Lipinski definition) is 0. The van der Waals surface area contributed by atoms with Gasteiger partial charge in [0.2, 0.25) is 0 Å². The molecule has 1 unspecified atom stereocenters.